The zero-order chi connectivity index (χ0) is 12.7. The molecule has 0 bridgehead atoms. The maximum Gasteiger partial charge on any atom is 0.150 e. The molecule has 0 unspecified atom stereocenters. The van der Waals surface area contributed by atoms with Crippen LogP contribution in [-0.4, -0.2) is 16.3 Å². The van der Waals surface area contributed by atoms with Crippen LogP contribution in [0.15, 0.2) is 18.2 Å². The van der Waals surface area contributed by atoms with E-state index < -0.39 is 0 Å². The summed E-state index contributed by atoms with van der Waals surface area (Å²) in [5.74, 6) is 8.12. The van der Waals surface area contributed by atoms with Gasteiger partial charge in [0.25, 0.3) is 0 Å². The first-order valence-corrected chi connectivity index (χ1v) is 6.09. The van der Waals surface area contributed by atoms with Crippen LogP contribution in [0, 0.1) is 0 Å². The van der Waals surface area contributed by atoms with Crippen molar-refractivity contribution in [3.8, 4) is 17.0 Å². The largest absolute Gasteiger partial charge is 0.493 e. The highest BCUT2D eigenvalue weighted by Crippen LogP contribution is 2.32. The van der Waals surface area contributed by atoms with Gasteiger partial charge in [-0.3, -0.25) is 0 Å². The van der Waals surface area contributed by atoms with Crippen LogP contribution < -0.4 is 16.3 Å². The second-order valence-corrected chi connectivity index (χ2v) is 4.41. The lowest BCUT2D eigenvalue weighted by atomic mass is 10.1. The van der Waals surface area contributed by atoms with Gasteiger partial charge in [-0.2, -0.15) is 0 Å². The van der Waals surface area contributed by atoms with Crippen molar-refractivity contribution in [1.82, 2.24) is 9.66 Å². The summed E-state index contributed by atoms with van der Waals surface area (Å²) in [5, 5.41) is 0. The fourth-order valence-corrected chi connectivity index (χ4v) is 2.29. The summed E-state index contributed by atoms with van der Waals surface area (Å²) < 4.78 is 6.95. The summed E-state index contributed by atoms with van der Waals surface area (Å²) in [4.78, 5) is 4.50. The van der Waals surface area contributed by atoms with Crippen LogP contribution in [0.5, 0.6) is 5.75 Å². The predicted octanol–water partition coefficient (Wildman–Crippen LogP) is 1.34. The normalized spacial score (nSPS) is 13.4. The van der Waals surface area contributed by atoms with Gasteiger partial charge in [0.2, 0.25) is 0 Å². The molecular weight excluding hydrogens is 228 g/mol. The SMILES string of the molecule is CCc1nc(-c2ccc3c(c2)CCO3)c(N)n1N. The van der Waals surface area contributed by atoms with Gasteiger partial charge in [-0.15, -0.1) is 0 Å². The number of nitrogen functional groups attached to an aromatic ring is 2. The highest BCUT2D eigenvalue weighted by molar-refractivity contribution is 5.72. The number of fused-ring (bicyclic) bond motifs is 1. The molecule has 0 saturated carbocycles. The highest BCUT2D eigenvalue weighted by Gasteiger charge is 2.17. The van der Waals surface area contributed by atoms with E-state index in [4.69, 9.17) is 16.3 Å². The number of aromatic nitrogens is 2. The number of rotatable bonds is 2. The van der Waals surface area contributed by atoms with Crippen molar-refractivity contribution in [2.75, 3.05) is 18.2 Å². The smallest absolute Gasteiger partial charge is 0.150 e. The second kappa shape index (κ2) is 3.94. The van der Waals surface area contributed by atoms with Crippen molar-refractivity contribution in [1.29, 1.82) is 0 Å². The van der Waals surface area contributed by atoms with Crippen molar-refractivity contribution < 1.29 is 4.74 Å². The number of imidazole rings is 1. The van der Waals surface area contributed by atoms with Crippen LogP contribution in [0.4, 0.5) is 5.82 Å². The topological polar surface area (TPSA) is 79.1 Å². The Hall–Kier alpha value is -2.17. The molecule has 5 heteroatoms. The summed E-state index contributed by atoms with van der Waals surface area (Å²) in [6.45, 7) is 2.76. The van der Waals surface area contributed by atoms with Crippen LogP contribution in [0.25, 0.3) is 11.3 Å². The van der Waals surface area contributed by atoms with Crippen LogP contribution in [-0.2, 0) is 12.8 Å². The molecular formula is C13H16N4O. The standard InChI is InChI=1S/C13H16N4O/c1-2-11-16-12(13(14)17(11)15)9-3-4-10-8(7-9)5-6-18-10/h3-4,7H,2,5-6,14-15H2,1H3. The Kier molecular flexibility index (Phi) is 2.40. The van der Waals surface area contributed by atoms with Gasteiger partial charge >= 0.3 is 0 Å². The molecule has 5 nitrogen and oxygen atoms in total. The first-order valence-electron chi connectivity index (χ1n) is 6.09. The Labute approximate surface area is 105 Å². The minimum atomic E-state index is 0.505. The molecule has 94 valence electrons. The van der Waals surface area contributed by atoms with E-state index in [0.29, 0.717) is 5.82 Å². The zero-order valence-corrected chi connectivity index (χ0v) is 10.3. The van der Waals surface area contributed by atoms with Crippen LogP contribution in [0.2, 0.25) is 0 Å². The summed E-state index contributed by atoms with van der Waals surface area (Å²) in [5.41, 5.74) is 8.96. The van der Waals surface area contributed by atoms with Crippen molar-refractivity contribution in [3.05, 3.63) is 29.6 Å². The van der Waals surface area contributed by atoms with E-state index in [1.807, 2.05) is 19.1 Å². The van der Waals surface area contributed by atoms with Gasteiger partial charge < -0.3 is 16.3 Å². The van der Waals surface area contributed by atoms with Gasteiger partial charge in [-0.05, 0) is 23.8 Å². The van der Waals surface area contributed by atoms with Gasteiger partial charge in [0.1, 0.15) is 17.3 Å². The number of benzene rings is 1. The quantitative estimate of drug-likeness (QED) is 0.781. The third-order valence-corrected chi connectivity index (χ3v) is 3.30. The molecule has 18 heavy (non-hydrogen) atoms. The molecule has 0 atom stereocenters. The summed E-state index contributed by atoms with van der Waals surface area (Å²) >= 11 is 0. The van der Waals surface area contributed by atoms with Gasteiger partial charge in [-0.1, -0.05) is 6.92 Å². The average Bonchev–Trinajstić information content (AvgIpc) is 2.95. The molecule has 0 saturated heterocycles. The van der Waals surface area contributed by atoms with E-state index in [1.165, 1.54) is 10.2 Å². The lowest BCUT2D eigenvalue weighted by molar-refractivity contribution is 0.357. The molecule has 0 spiro atoms. The zero-order valence-electron chi connectivity index (χ0n) is 10.3. The highest BCUT2D eigenvalue weighted by atomic mass is 16.5. The van der Waals surface area contributed by atoms with E-state index in [9.17, 15) is 0 Å². The molecule has 0 radical (unpaired) electrons. The molecule has 2 aromatic rings. The Bertz CT molecular complexity index is 603. The average molecular weight is 244 g/mol. The molecule has 0 aliphatic carbocycles. The fraction of sp³-hybridized carbons (Fsp3) is 0.308. The fourth-order valence-electron chi connectivity index (χ4n) is 2.29. The van der Waals surface area contributed by atoms with Crippen LogP contribution in [0.1, 0.15) is 18.3 Å². The molecule has 2 heterocycles. The Morgan fingerprint density at radius 1 is 1.44 bits per heavy atom. The first kappa shape index (κ1) is 11.0. The maximum atomic E-state index is 6.00. The number of ether oxygens (including phenoxy) is 1. The van der Waals surface area contributed by atoms with Crippen LogP contribution >= 0.6 is 0 Å². The molecule has 0 fully saturated rings. The molecule has 1 aliphatic rings. The molecule has 1 aromatic heterocycles. The van der Waals surface area contributed by atoms with Crippen molar-refractivity contribution in [2.24, 2.45) is 0 Å². The Balaban J connectivity index is 2.10. The molecule has 4 N–H and O–H groups in total. The third-order valence-electron chi connectivity index (χ3n) is 3.30. The molecule has 1 aromatic carbocycles. The number of nitrogens with two attached hydrogens (primary N) is 2. The van der Waals surface area contributed by atoms with Crippen molar-refractivity contribution in [3.63, 3.8) is 0 Å². The van der Waals surface area contributed by atoms with Crippen molar-refractivity contribution >= 4 is 5.82 Å². The van der Waals surface area contributed by atoms with Gasteiger partial charge in [-0.25, -0.2) is 9.66 Å². The third kappa shape index (κ3) is 1.51. The number of nitrogens with zero attached hydrogens (tertiary/aromatic N) is 2. The lowest BCUT2D eigenvalue weighted by Gasteiger charge is -2.03. The summed E-state index contributed by atoms with van der Waals surface area (Å²) in [6.07, 6.45) is 1.70. The molecule has 1 aliphatic heterocycles. The van der Waals surface area contributed by atoms with Gasteiger partial charge in [0.15, 0.2) is 5.82 Å². The minimum absolute atomic E-state index is 0.505. The van der Waals surface area contributed by atoms with Gasteiger partial charge in [0.05, 0.1) is 6.61 Å². The van der Waals surface area contributed by atoms with E-state index >= 15 is 0 Å². The summed E-state index contributed by atoms with van der Waals surface area (Å²) in [6, 6.07) is 6.03. The van der Waals surface area contributed by atoms with E-state index in [0.717, 1.165) is 42.3 Å². The maximum absolute atomic E-state index is 6.00. The first-order chi connectivity index (χ1) is 8.70. The minimum Gasteiger partial charge on any atom is -0.493 e. The number of hydrogen-bond donors (Lipinski definition) is 2. The van der Waals surface area contributed by atoms with Gasteiger partial charge in [0, 0.05) is 18.4 Å². The van der Waals surface area contributed by atoms with Crippen LogP contribution in [0.3, 0.4) is 0 Å². The van der Waals surface area contributed by atoms with Crippen molar-refractivity contribution in [2.45, 2.75) is 19.8 Å². The number of aryl methyl sites for hydroxylation is 1. The Morgan fingerprint density at radius 2 is 2.28 bits per heavy atom. The lowest BCUT2D eigenvalue weighted by Crippen LogP contribution is -2.14. The Morgan fingerprint density at radius 3 is 3.00 bits per heavy atom. The number of hydrogen-bond acceptors (Lipinski definition) is 4. The number of anilines is 1. The van der Waals surface area contributed by atoms with E-state index in [-0.39, 0.29) is 0 Å². The molecule has 3 rings (SSSR count). The van der Waals surface area contributed by atoms with E-state index in [1.54, 1.807) is 0 Å². The second-order valence-electron chi connectivity index (χ2n) is 4.41. The molecule has 0 amide bonds. The summed E-state index contributed by atoms with van der Waals surface area (Å²) in [7, 11) is 0. The monoisotopic (exact) mass is 244 g/mol. The van der Waals surface area contributed by atoms with E-state index in [2.05, 4.69) is 11.1 Å². The predicted molar refractivity (Wildman–Crippen MR) is 70.8 cm³/mol.